The monoisotopic (exact) mass is 305 g/mol. The summed E-state index contributed by atoms with van der Waals surface area (Å²) in [5.41, 5.74) is 3.57. The molecule has 0 aliphatic rings. The molecule has 0 radical (unpaired) electrons. The van der Waals surface area contributed by atoms with E-state index in [2.05, 4.69) is 43.4 Å². The lowest BCUT2D eigenvalue weighted by Crippen LogP contribution is -2.24. The van der Waals surface area contributed by atoms with Crippen molar-refractivity contribution in [2.24, 2.45) is 0 Å². The van der Waals surface area contributed by atoms with E-state index in [0.717, 1.165) is 24.9 Å². The van der Waals surface area contributed by atoms with Crippen LogP contribution in [0.1, 0.15) is 36.6 Å². The molecule has 1 nitrogen and oxygen atoms in total. The molecule has 0 aliphatic heterocycles. The Labute approximate surface area is 131 Å². The summed E-state index contributed by atoms with van der Waals surface area (Å²) in [6.07, 6.45) is 1.74. The van der Waals surface area contributed by atoms with E-state index in [1.807, 2.05) is 6.07 Å². The molecule has 0 bridgehead atoms. The third kappa shape index (κ3) is 4.05. The number of nitrogens with one attached hydrogen (secondary N) is 1. The van der Waals surface area contributed by atoms with E-state index < -0.39 is 0 Å². The lowest BCUT2D eigenvalue weighted by Gasteiger charge is -2.21. The number of hydrogen-bond donors (Lipinski definition) is 1. The Morgan fingerprint density at radius 1 is 1.14 bits per heavy atom. The first kappa shape index (κ1) is 16.0. The van der Waals surface area contributed by atoms with Crippen LogP contribution in [0.3, 0.4) is 0 Å². The lowest BCUT2D eigenvalue weighted by atomic mass is 9.93. The Bertz CT molecular complexity index is 598. The molecule has 0 amide bonds. The van der Waals surface area contributed by atoms with Crippen LogP contribution in [0.5, 0.6) is 0 Å². The molecule has 112 valence electrons. The molecule has 3 heteroatoms. The Morgan fingerprint density at radius 3 is 2.57 bits per heavy atom. The SMILES string of the molecule is CCNC(Cc1ccc(Cl)c(F)c1)c1ccccc1CC. The van der Waals surface area contributed by atoms with E-state index in [1.54, 1.807) is 6.07 Å². The van der Waals surface area contributed by atoms with Crippen molar-refractivity contribution in [1.29, 1.82) is 0 Å². The van der Waals surface area contributed by atoms with Gasteiger partial charge in [-0.3, -0.25) is 0 Å². The van der Waals surface area contributed by atoms with Crippen LogP contribution in [-0.4, -0.2) is 6.54 Å². The number of rotatable bonds is 6. The second kappa shape index (κ2) is 7.58. The van der Waals surface area contributed by atoms with Crippen LogP contribution in [0.4, 0.5) is 4.39 Å². The summed E-state index contributed by atoms with van der Waals surface area (Å²) in [5, 5.41) is 3.67. The van der Waals surface area contributed by atoms with Crippen molar-refractivity contribution in [2.45, 2.75) is 32.7 Å². The Hall–Kier alpha value is -1.38. The highest BCUT2D eigenvalue weighted by Crippen LogP contribution is 2.24. The predicted molar refractivity (Wildman–Crippen MR) is 87.4 cm³/mol. The van der Waals surface area contributed by atoms with Crippen LogP contribution in [0.15, 0.2) is 42.5 Å². The average molecular weight is 306 g/mol. The van der Waals surface area contributed by atoms with Gasteiger partial charge >= 0.3 is 0 Å². The maximum Gasteiger partial charge on any atom is 0.142 e. The number of likely N-dealkylation sites (N-methyl/N-ethyl adjacent to an activating group) is 1. The van der Waals surface area contributed by atoms with Crippen molar-refractivity contribution in [1.82, 2.24) is 5.32 Å². The number of benzene rings is 2. The van der Waals surface area contributed by atoms with Gasteiger partial charge in [-0.25, -0.2) is 4.39 Å². The molecule has 0 spiro atoms. The molecule has 0 saturated carbocycles. The Balaban J connectivity index is 2.28. The lowest BCUT2D eigenvalue weighted by molar-refractivity contribution is 0.543. The highest BCUT2D eigenvalue weighted by atomic mass is 35.5. The maximum atomic E-state index is 13.6. The van der Waals surface area contributed by atoms with Crippen molar-refractivity contribution in [3.63, 3.8) is 0 Å². The van der Waals surface area contributed by atoms with Crippen LogP contribution in [0.25, 0.3) is 0 Å². The molecule has 2 aromatic carbocycles. The number of aryl methyl sites for hydroxylation is 1. The van der Waals surface area contributed by atoms with E-state index in [4.69, 9.17) is 11.6 Å². The van der Waals surface area contributed by atoms with Gasteiger partial charge in [-0.05, 0) is 48.2 Å². The van der Waals surface area contributed by atoms with E-state index in [0.29, 0.717) is 0 Å². The molecule has 0 aliphatic carbocycles. The van der Waals surface area contributed by atoms with Crippen molar-refractivity contribution in [2.75, 3.05) is 6.54 Å². The van der Waals surface area contributed by atoms with Crippen LogP contribution < -0.4 is 5.32 Å². The molecule has 1 N–H and O–H groups in total. The molecular formula is C18H21ClFN. The molecule has 0 heterocycles. The first-order valence-electron chi connectivity index (χ1n) is 7.40. The summed E-state index contributed by atoms with van der Waals surface area (Å²) >= 11 is 5.75. The zero-order valence-electron chi connectivity index (χ0n) is 12.5. The fourth-order valence-corrected chi connectivity index (χ4v) is 2.75. The second-order valence-electron chi connectivity index (χ2n) is 5.12. The summed E-state index contributed by atoms with van der Waals surface area (Å²) in [6, 6.07) is 13.7. The topological polar surface area (TPSA) is 12.0 Å². The summed E-state index contributed by atoms with van der Waals surface area (Å²) in [4.78, 5) is 0. The molecule has 2 aromatic rings. The summed E-state index contributed by atoms with van der Waals surface area (Å²) < 4.78 is 13.6. The standard InChI is InChI=1S/C18H21ClFN/c1-3-14-7-5-6-8-15(14)18(21-4-2)12-13-9-10-16(19)17(20)11-13/h5-11,18,21H,3-4,12H2,1-2H3. The van der Waals surface area contributed by atoms with Crippen molar-refractivity contribution >= 4 is 11.6 Å². The third-order valence-electron chi connectivity index (χ3n) is 3.69. The quantitative estimate of drug-likeness (QED) is 0.797. The third-order valence-corrected chi connectivity index (χ3v) is 3.99. The minimum atomic E-state index is -0.354. The van der Waals surface area contributed by atoms with Gasteiger partial charge < -0.3 is 5.32 Å². The fourth-order valence-electron chi connectivity index (χ4n) is 2.64. The van der Waals surface area contributed by atoms with Crippen LogP contribution in [0, 0.1) is 5.82 Å². The second-order valence-corrected chi connectivity index (χ2v) is 5.52. The van der Waals surface area contributed by atoms with Crippen molar-refractivity contribution in [3.8, 4) is 0 Å². The van der Waals surface area contributed by atoms with Gasteiger partial charge in [-0.2, -0.15) is 0 Å². The highest BCUT2D eigenvalue weighted by molar-refractivity contribution is 6.30. The average Bonchev–Trinajstić information content (AvgIpc) is 2.50. The molecule has 1 atom stereocenters. The van der Waals surface area contributed by atoms with Gasteiger partial charge in [-0.1, -0.05) is 55.8 Å². The van der Waals surface area contributed by atoms with E-state index >= 15 is 0 Å². The Kier molecular flexibility index (Phi) is 5.77. The highest BCUT2D eigenvalue weighted by Gasteiger charge is 2.15. The van der Waals surface area contributed by atoms with Crippen LogP contribution in [-0.2, 0) is 12.8 Å². The van der Waals surface area contributed by atoms with E-state index in [1.165, 1.54) is 17.2 Å². The van der Waals surface area contributed by atoms with Gasteiger partial charge in [-0.15, -0.1) is 0 Å². The van der Waals surface area contributed by atoms with Gasteiger partial charge in [0.05, 0.1) is 5.02 Å². The van der Waals surface area contributed by atoms with Crippen LogP contribution in [0.2, 0.25) is 5.02 Å². The summed E-state index contributed by atoms with van der Waals surface area (Å²) in [6.45, 7) is 5.12. The number of hydrogen-bond acceptors (Lipinski definition) is 1. The molecule has 0 saturated heterocycles. The van der Waals surface area contributed by atoms with Gasteiger partial charge in [0.1, 0.15) is 5.82 Å². The molecule has 1 unspecified atom stereocenters. The zero-order chi connectivity index (χ0) is 15.2. The van der Waals surface area contributed by atoms with Crippen molar-refractivity contribution in [3.05, 3.63) is 70.0 Å². The predicted octanol–water partition coefficient (Wildman–Crippen LogP) is 4.93. The van der Waals surface area contributed by atoms with Crippen molar-refractivity contribution < 1.29 is 4.39 Å². The van der Waals surface area contributed by atoms with E-state index in [-0.39, 0.29) is 16.9 Å². The minimum Gasteiger partial charge on any atom is -0.310 e. The molecule has 2 rings (SSSR count). The summed E-state index contributed by atoms with van der Waals surface area (Å²) in [7, 11) is 0. The van der Waals surface area contributed by atoms with Gasteiger partial charge in [0.2, 0.25) is 0 Å². The first-order chi connectivity index (χ1) is 10.2. The number of halogens is 2. The normalized spacial score (nSPS) is 12.4. The molecule has 21 heavy (non-hydrogen) atoms. The maximum absolute atomic E-state index is 13.6. The van der Waals surface area contributed by atoms with Gasteiger partial charge in [0.25, 0.3) is 0 Å². The smallest absolute Gasteiger partial charge is 0.142 e. The fraction of sp³-hybridized carbons (Fsp3) is 0.333. The van der Waals surface area contributed by atoms with E-state index in [9.17, 15) is 4.39 Å². The van der Waals surface area contributed by atoms with Gasteiger partial charge in [0.15, 0.2) is 0 Å². The largest absolute Gasteiger partial charge is 0.310 e. The Morgan fingerprint density at radius 2 is 1.90 bits per heavy atom. The zero-order valence-corrected chi connectivity index (χ0v) is 13.3. The van der Waals surface area contributed by atoms with Gasteiger partial charge in [0, 0.05) is 6.04 Å². The minimum absolute atomic E-state index is 0.174. The molecular weight excluding hydrogens is 285 g/mol. The molecule has 0 aromatic heterocycles. The molecule has 0 fully saturated rings. The summed E-state index contributed by atoms with van der Waals surface area (Å²) in [5.74, 6) is -0.354. The first-order valence-corrected chi connectivity index (χ1v) is 7.78. The van der Waals surface area contributed by atoms with Crippen LogP contribution >= 0.6 is 11.6 Å².